The number of nitrogens with zero attached hydrogens (tertiary/aromatic N) is 1. The molecule has 3 nitrogen and oxygen atoms in total. The Labute approximate surface area is 153 Å². The molecule has 136 valence electrons. The topological polar surface area (TPSA) is 37.4 Å². The van der Waals surface area contributed by atoms with Crippen molar-refractivity contribution in [1.29, 1.82) is 0 Å². The van der Waals surface area contributed by atoms with Gasteiger partial charge in [0.2, 0.25) is 5.78 Å². The molecule has 0 aliphatic rings. The van der Waals surface area contributed by atoms with Crippen LogP contribution in [0.3, 0.4) is 0 Å². The summed E-state index contributed by atoms with van der Waals surface area (Å²) in [6, 6.07) is 6.76. The molecule has 0 bridgehead atoms. The number of rotatable bonds is 5. The van der Waals surface area contributed by atoms with E-state index in [1.165, 1.54) is 4.90 Å². The van der Waals surface area contributed by atoms with Gasteiger partial charge in [-0.3, -0.25) is 9.59 Å². The summed E-state index contributed by atoms with van der Waals surface area (Å²) in [6.07, 6.45) is 0. The highest BCUT2D eigenvalue weighted by Crippen LogP contribution is 2.40. The molecule has 0 saturated heterocycles. The number of amides is 1. The molecule has 0 aliphatic heterocycles. The highest BCUT2D eigenvalue weighted by Gasteiger charge is 2.41. The van der Waals surface area contributed by atoms with E-state index in [1.807, 2.05) is 0 Å². The van der Waals surface area contributed by atoms with Crippen LogP contribution in [0.15, 0.2) is 24.3 Å². The highest BCUT2D eigenvalue weighted by molar-refractivity contribution is 6.90. The Bertz CT molecular complexity index is 654. The van der Waals surface area contributed by atoms with Crippen molar-refractivity contribution in [3.05, 3.63) is 35.4 Å². The molecule has 1 aromatic rings. The molecule has 0 aromatic heterocycles. The normalized spacial score (nSPS) is 11.5. The highest BCUT2D eigenvalue weighted by atomic mass is 28.3. The van der Waals surface area contributed by atoms with E-state index in [2.05, 4.69) is 53.0 Å². The van der Waals surface area contributed by atoms with Crippen LogP contribution in [0.1, 0.15) is 62.3 Å². The molecule has 0 heterocycles. The third-order valence-corrected chi connectivity index (χ3v) is 11.3. The molecule has 0 N–H and O–H groups in total. The van der Waals surface area contributed by atoms with E-state index in [0.717, 1.165) is 0 Å². The first kappa shape index (κ1) is 21.2. The fourth-order valence-electron chi connectivity index (χ4n) is 3.69. The van der Waals surface area contributed by atoms with E-state index in [-0.39, 0.29) is 11.7 Å². The van der Waals surface area contributed by atoms with Crippen molar-refractivity contribution in [2.24, 2.45) is 0 Å². The predicted octanol–water partition coefficient (Wildman–Crippen LogP) is 4.79. The molecule has 1 amide bonds. The standard InChI is InChI=1S/C21H31NO2Si/c1-15(2)25(16(3)4,17(5)6)14-13-20(23)18-9-11-19(12-10-18)21(24)22(7)8/h9-12,15-17H,1-8H3. The number of benzene rings is 1. The van der Waals surface area contributed by atoms with Crippen LogP contribution in [0, 0.1) is 11.5 Å². The van der Waals surface area contributed by atoms with Crippen molar-refractivity contribution < 1.29 is 9.59 Å². The van der Waals surface area contributed by atoms with Gasteiger partial charge < -0.3 is 4.90 Å². The zero-order chi connectivity index (χ0) is 19.4. The molecule has 1 rings (SSSR count). The maximum Gasteiger partial charge on any atom is 0.253 e. The predicted molar refractivity (Wildman–Crippen MR) is 108 cm³/mol. The molecule has 25 heavy (non-hydrogen) atoms. The van der Waals surface area contributed by atoms with E-state index < -0.39 is 8.07 Å². The van der Waals surface area contributed by atoms with Gasteiger partial charge in [0.15, 0.2) is 0 Å². The van der Waals surface area contributed by atoms with E-state index in [4.69, 9.17) is 0 Å². The van der Waals surface area contributed by atoms with Crippen LogP contribution < -0.4 is 0 Å². The Morgan fingerprint density at radius 2 is 1.24 bits per heavy atom. The number of hydrogen-bond donors (Lipinski definition) is 0. The molecule has 0 spiro atoms. The molecule has 0 saturated carbocycles. The van der Waals surface area contributed by atoms with Crippen molar-refractivity contribution in [3.8, 4) is 11.5 Å². The minimum atomic E-state index is -1.91. The minimum Gasteiger partial charge on any atom is -0.345 e. The van der Waals surface area contributed by atoms with Crippen LogP contribution in [0.25, 0.3) is 0 Å². The first-order valence-electron chi connectivity index (χ1n) is 8.93. The third kappa shape index (κ3) is 4.61. The first-order chi connectivity index (χ1) is 11.5. The SMILES string of the molecule is CC(C)[Si](C#CC(=O)c1ccc(C(=O)N(C)C)cc1)(C(C)C)C(C)C. The molecule has 0 aliphatic carbocycles. The summed E-state index contributed by atoms with van der Waals surface area (Å²) in [6.45, 7) is 13.4. The van der Waals surface area contributed by atoms with Crippen molar-refractivity contribution in [1.82, 2.24) is 4.90 Å². The molecule has 0 unspecified atom stereocenters. The average molecular weight is 358 g/mol. The summed E-state index contributed by atoms with van der Waals surface area (Å²) in [4.78, 5) is 26.0. The quantitative estimate of drug-likeness (QED) is 0.431. The summed E-state index contributed by atoms with van der Waals surface area (Å²) in [7, 11) is 1.51. The van der Waals surface area contributed by atoms with E-state index in [0.29, 0.717) is 27.8 Å². The average Bonchev–Trinajstić information content (AvgIpc) is 2.53. The number of carbonyl (C=O) groups is 2. The Morgan fingerprint density at radius 3 is 1.60 bits per heavy atom. The fraction of sp³-hybridized carbons (Fsp3) is 0.524. The Hall–Kier alpha value is -1.86. The molecular formula is C21H31NO2Si. The lowest BCUT2D eigenvalue weighted by molar-refractivity contribution is 0.0827. The maximum atomic E-state index is 12.5. The van der Waals surface area contributed by atoms with E-state index in [9.17, 15) is 9.59 Å². The van der Waals surface area contributed by atoms with Crippen LogP contribution in [-0.4, -0.2) is 38.8 Å². The van der Waals surface area contributed by atoms with Gasteiger partial charge in [-0.25, -0.2) is 0 Å². The van der Waals surface area contributed by atoms with E-state index >= 15 is 0 Å². The minimum absolute atomic E-state index is 0.0732. The van der Waals surface area contributed by atoms with Crippen LogP contribution in [0.4, 0.5) is 0 Å². The van der Waals surface area contributed by atoms with Gasteiger partial charge >= 0.3 is 0 Å². The Balaban J connectivity index is 3.14. The summed E-state index contributed by atoms with van der Waals surface area (Å²) in [5.41, 5.74) is 6.05. The van der Waals surface area contributed by atoms with Crippen LogP contribution >= 0.6 is 0 Å². The van der Waals surface area contributed by atoms with Crippen molar-refractivity contribution in [3.63, 3.8) is 0 Å². The largest absolute Gasteiger partial charge is 0.345 e. The maximum absolute atomic E-state index is 12.5. The molecule has 1 aromatic carbocycles. The number of hydrogen-bond acceptors (Lipinski definition) is 2. The summed E-state index contributed by atoms with van der Waals surface area (Å²) < 4.78 is 0. The van der Waals surface area contributed by atoms with Gasteiger partial charge in [0.25, 0.3) is 5.91 Å². The summed E-state index contributed by atoms with van der Waals surface area (Å²) in [5.74, 6) is 2.70. The lowest BCUT2D eigenvalue weighted by atomic mass is 10.1. The van der Waals surface area contributed by atoms with Gasteiger partial charge in [0.1, 0.15) is 8.07 Å². The van der Waals surface area contributed by atoms with Gasteiger partial charge in [0, 0.05) is 25.2 Å². The van der Waals surface area contributed by atoms with Gasteiger partial charge in [-0.1, -0.05) is 41.5 Å². The van der Waals surface area contributed by atoms with Gasteiger partial charge in [-0.2, -0.15) is 0 Å². The zero-order valence-corrected chi connectivity index (χ0v) is 17.8. The van der Waals surface area contributed by atoms with E-state index in [1.54, 1.807) is 38.4 Å². The third-order valence-electron chi connectivity index (χ3n) is 5.06. The molecule has 0 atom stereocenters. The van der Waals surface area contributed by atoms with Crippen molar-refractivity contribution in [2.75, 3.05) is 14.1 Å². The zero-order valence-electron chi connectivity index (χ0n) is 16.8. The smallest absolute Gasteiger partial charge is 0.253 e. The lowest BCUT2D eigenvalue weighted by Crippen LogP contribution is -2.43. The molecular weight excluding hydrogens is 326 g/mol. The molecule has 4 heteroatoms. The van der Waals surface area contributed by atoms with Crippen molar-refractivity contribution in [2.45, 2.75) is 58.2 Å². The second-order valence-electron chi connectivity index (χ2n) is 7.75. The molecule has 0 fully saturated rings. The first-order valence-corrected chi connectivity index (χ1v) is 11.2. The van der Waals surface area contributed by atoms with Gasteiger partial charge in [-0.05, 0) is 46.8 Å². The lowest BCUT2D eigenvalue weighted by Gasteiger charge is -2.37. The number of carbonyl (C=O) groups excluding carboxylic acids is 2. The second-order valence-corrected chi connectivity index (χ2v) is 13.3. The van der Waals surface area contributed by atoms with Crippen molar-refractivity contribution >= 4 is 19.8 Å². The second kappa shape index (κ2) is 8.49. The monoisotopic (exact) mass is 357 g/mol. The van der Waals surface area contributed by atoms with Gasteiger partial charge in [0.05, 0.1) is 0 Å². The van der Waals surface area contributed by atoms with Gasteiger partial charge in [-0.15, -0.1) is 5.54 Å². The summed E-state index contributed by atoms with van der Waals surface area (Å²) >= 11 is 0. The Kier molecular flexibility index (Phi) is 7.19. The fourth-order valence-corrected chi connectivity index (χ4v) is 8.89. The van der Waals surface area contributed by atoms with Crippen LogP contribution in [-0.2, 0) is 0 Å². The van der Waals surface area contributed by atoms with Crippen LogP contribution in [0.5, 0.6) is 0 Å². The van der Waals surface area contributed by atoms with Crippen LogP contribution in [0.2, 0.25) is 16.6 Å². The summed E-state index contributed by atoms with van der Waals surface area (Å²) in [5, 5.41) is 0. The number of Topliss-reactive ketones (excluding diaryl/α,β-unsaturated/α-hetero) is 1. The Morgan fingerprint density at radius 1 is 0.840 bits per heavy atom. The number of ketones is 1. The molecule has 0 radical (unpaired) electrons.